The summed E-state index contributed by atoms with van der Waals surface area (Å²) in [7, 11) is -3.17. The molecule has 2 aliphatic rings. The van der Waals surface area contributed by atoms with Crippen molar-refractivity contribution in [2.24, 2.45) is 5.92 Å². The van der Waals surface area contributed by atoms with E-state index in [1.165, 1.54) is 24.7 Å². The molecule has 0 radical (unpaired) electrons. The van der Waals surface area contributed by atoms with E-state index < -0.39 is 10.0 Å². The second kappa shape index (κ2) is 8.62. The molecule has 1 aromatic carbocycles. The maximum atomic E-state index is 11.5. The number of hydrogen-bond donors (Lipinski definition) is 2. The molecule has 1 aliphatic carbocycles. The summed E-state index contributed by atoms with van der Waals surface area (Å²) in [5, 5.41) is 3.35. The Morgan fingerprint density at radius 2 is 1.84 bits per heavy atom. The lowest BCUT2D eigenvalue weighted by molar-refractivity contribution is -0.00402. The van der Waals surface area contributed by atoms with Crippen LogP contribution in [0, 0.1) is 5.92 Å². The van der Waals surface area contributed by atoms with Gasteiger partial charge in [-0.15, -0.1) is 0 Å². The monoisotopic (exact) mass is 366 g/mol. The average Bonchev–Trinajstić information content (AvgIpc) is 2.61. The smallest absolute Gasteiger partial charge is 0.208 e. The molecule has 25 heavy (non-hydrogen) atoms. The van der Waals surface area contributed by atoms with Crippen molar-refractivity contribution >= 4 is 10.0 Å². The van der Waals surface area contributed by atoms with Gasteiger partial charge in [-0.1, -0.05) is 30.3 Å². The van der Waals surface area contributed by atoms with Gasteiger partial charge in [0.15, 0.2) is 0 Å². The molecule has 1 saturated heterocycles. The van der Waals surface area contributed by atoms with Crippen LogP contribution in [-0.2, 0) is 14.8 Å². The lowest BCUT2D eigenvalue weighted by Crippen LogP contribution is -2.51. The van der Waals surface area contributed by atoms with Crippen molar-refractivity contribution < 1.29 is 13.2 Å². The summed E-state index contributed by atoms with van der Waals surface area (Å²) in [5.41, 5.74) is 1.44. The number of sulfonamides is 1. The quantitative estimate of drug-likeness (QED) is 0.810. The van der Waals surface area contributed by atoms with Crippen molar-refractivity contribution in [3.05, 3.63) is 35.9 Å². The van der Waals surface area contributed by atoms with Gasteiger partial charge in [0.05, 0.1) is 19.0 Å². The van der Waals surface area contributed by atoms with Crippen molar-refractivity contribution in [2.75, 3.05) is 26.0 Å². The molecule has 5 nitrogen and oxygen atoms in total. The molecular weight excluding hydrogens is 336 g/mol. The van der Waals surface area contributed by atoms with E-state index in [0.717, 1.165) is 32.4 Å². The Morgan fingerprint density at radius 1 is 1.12 bits per heavy atom. The molecule has 3 rings (SSSR count). The summed E-state index contributed by atoms with van der Waals surface area (Å²) in [6.45, 7) is 2.29. The molecular formula is C19H30N2O3S. The van der Waals surface area contributed by atoms with Gasteiger partial charge < -0.3 is 10.1 Å². The lowest BCUT2D eigenvalue weighted by Gasteiger charge is -2.34. The summed E-state index contributed by atoms with van der Waals surface area (Å²) >= 11 is 0. The SMILES string of the molecule is CS(=O)(=O)N[C@H]1CCNC[C@H]1CO[C@H]1CC[C@@H](c2ccccc2)CC1. The molecule has 6 heteroatoms. The second-order valence-electron chi connectivity index (χ2n) is 7.47. The molecule has 0 amide bonds. The molecule has 2 atom stereocenters. The highest BCUT2D eigenvalue weighted by atomic mass is 32.2. The van der Waals surface area contributed by atoms with E-state index in [1.807, 2.05) is 0 Å². The second-order valence-corrected chi connectivity index (χ2v) is 9.25. The largest absolute Gasteiger partial charge is 0.378 e. The Labute approximate surface area is 151 Å². The van der Waals surface area contributed by atoms with Gasteiger partial charge in [0.25, 0.3) is 0 Å². The first-order valence-electron chi connectivity index (χ1n) is 9.36. The highest BCUT2D eigenvalue weighted by Gasteiger charge is 2.29. The van der Waals surface area contributed by atoms with Crippen LogP contribution < -0.4 is 10.0 Å². The highest BCUT2D eigenvalue weighted by molar-refractivity contribution is 7.88. The van der Waals surface area contributed by atoms with E-state index in [4.69, 9.17) is 4.74 Å². The van der Waals surface area contributed by atoms with Gasteiger partial charge in [-0.2, -0.15) is 0 Å². The van der Waals surface area contributed by atoms with Crippen LogP contribution in [0.15, 0.2) is 30.3 Å². The predicted molar refractivity (Wildman–Crippen MR) is 100 cm³/mol. The maximum absolute atomic E-state index is 11.5. The van der Waals surface area contributed by atoms with Gasteiger partial charge in [0, 0.05) is 18.5 Å². The maximum Gasteiger partial charge on any atom is 0.208 e. The predicted octanol–water partition coefficient (Wildman–Crippen LogP) is 2.26. The van der Waals surface area contributed by atoms with Crippen molar-refractivity contribution in [3.8, 4) is 0 Å². The molecule has 0 bridgehead atoms. The molecule has 1 saturated carbocycles. The minimum Gasteiger partial charge on any atom is -0.378 e. The summed E-state index contributed by atoms with van der Waals surface area (Å²) in [5.74, 6) is 0.854. The van der Waals surface area contributed by atoms with E-state index in [2.05, 4.69) is 40.4 Å². The minimum absolute atomic E-state index is 0.0168. The van der Waals surface area contributed by atoms with Crippen LogP contribution >= 0.6 is 0 Å². The topological polar surface area (TPSA) is 67.4 Å². The molecule has 140 valence electrons. The first-order chi connectivity index (χ1) is 12.0. The highest BCUT2D eigenvalue weighted by Crippen LogP contribution is 2.34. The van der Waals surface area contributed by atoms with E-state index in [1.54, 1.807) is 0 Å². The van der Waals surface area contributed by atoms with Gasteiger partial charge in [0.2, 0.25) is 10.0 Å². The summed E-state index contributed by atoms with van der Waals surface area (Å²) in [6.07, 6.45) is 6.87. The normalized spacial score (nSPS) is 30.9. The Kier molecular flexibility index (Phi) is 6.49. The molecule has 1 aromatic rings. The van der Waals surface area contributed by atoms with Crippen LogP contribution in [0.3, 0.4) is 0 Å². The zero-order valence-corrected chi connectivity index (χ0v) is 15.8. The molecule has 2 N–H and O–H groups in total. The fraction of sp³-hybridized carbons (Fsp3) is 0.684. The van der Waals surface area contributed by atoms with Crippen LogP contribution in [0.4, 0.5) is 0 Å². The van der Waals surface area contributed by atoms with Gasteiger partial charge in [-0.3, -0.25) is 0 Å². The number of benzene rings is 1. The van der Waals surface area contributed by atoms with Gasteiger partial charge in [-0.05, 0) is 50.1 Å². The van der Waals surface area contributed by atoms with Gasteiger partial charge in [-0.25, -0.2) is 13.1 Å². The first kappa shape index (κ1) is 18.8. The Bertz CT molecular complexity index is 627. The number of piperidine rings is 1. The Morgan fingerprint density at radius 3 is 2.52 bits per heavy atom. The minimum atomic E-state index is -3.17. The third kappa shape index (κ3) is 5.78. The van der Waals surface area contributed by atoms with Crippen molar-refractivity contribution in [3.63, 3.8) is 0 Å². The zero-order chi connectivity index (χ0) is 17.7. The third-order valence-corrected chi connectivity index (χ3v) is 6.20. The zero-order valence-electron chi connectivity index (χ0n) is 15.0. The van der Waals surface area contributed by atoms with Gasteiger partial charge >= 0.3 is 0 Å². The summed E-state index contributed by atoms with van der Waals surface area (Å²) in [4.78, 5) is 0. The third-order valence-electron chi connectivity index (χ3n) is 5.46. The number of ether oxygens (including phenoxy) is 1. The standard InChI is InChI=1S/C19H30N2O3S/c1-25(22,23)21-19-11-12-20-13-17(19)14-24-18-9-7-16(8-10-18)15-5-3-2-4-6-15/h2-6,16-21H,7-14H2,1H3/t16-,17-,18+,19-/m0/s1. The van der Waals surface area contributed by atoms with E-state index in [-0.39, 0.29) is 12.0 Å². The molecule has 0 spiro atoms. The van der Waals surface area contributed by atoms with Gasteiger partial charge in [0.1, 0.15) is 0 Å². The molecule has 0 unspecified atom stereocenters. The molecule has 1 heterocycles. The van der Waals surface area contributed by atoms with Crippen molar-refractivity contribution in [1.82, 2.24) is 10.0 Å². The molecule has 0 aromatic heterocycles. The number of rotatable bonds is 6. The first-order valence-corrected chi connectivity index (χ1v) is 11.2. The van der Waals surface area contributed by atoms with Crippen LogP contribution in [0.2, 0.25) is 0 Å². The van der Waals surface area contributed by atoms with Crippen LogP contribution in [0.25, 0.3) is 0 Å². The Balaban J connectivity index is 1.45. The van der Waals surface area contributed by atoms with E-state index in [0.29, 0.717) is 18.6 Å². The summed E-state index contributed by atoms with van der Waals surface area (Å²) in [6, 6.07) is 10.7. The van der Waals surface area contributed by atoms with Crippen LogP contribution in [0.5, 0.6) is 0 Å². The fourth-order valence-electron chi connectivity index (χ4n) is 4.08. The van der Waals surface area contributed by atoms with Crippen molar-refractivity contribution in [1.29, 1.82) is 0 Å². The van der Waals surface area contributed by atoms with E-state index >= 15 is 0 Å². The number of nitrogens with one attached hydrogen (secondary N) is 2. The number of hydrogen-bond acceptors (Lipinski definition) is 4. The summed E-state index contributed by atoms with van der Waals surface area (Å²) < 4.78 is 32.1. The lowest BCUT2D eigenvalue weighted by atomic mass is 9.82. The average molecular weight is 367 g/mol. The Hall–Kier alpha value is -0.950. The van der Waals surface area contributed by atoms with E-state index in [9.17, 15) is 8.42 Å². The molecule has 1 aliphatic heterocycles. The van der Waals surface area contributed by atoms with Crippen LogP contribution in [0.1, 0.15) is 43.6 Å². The van der Waals surface area contributed by atoms with Crippen LogP contribution in [-0.4, -0.2) is 46.5 Å². The van der Waals surface area contributed by atoms with Crippen molar-refractivity contribution in [2.45, 2.75) is 50.2 Å². The fourth-order valence-corrected chi connectivity index (χ4v) is 4.94. The molecule has 2 fully saturated rings.